The Bertz CT molecular complexity index is 666. The first kappa shape index (κ1) is 14.6. The summed E-state index contributed by atoms with van der Waals surface area (Å²) in [7, 11) is 3.06. The number of carbonyl (C=O) groups is 1. The van der Waals surface area contributed by atoms with Crippen molar-refractivity contribution in [1.82, 2.24) is 9.97 Å². The van der Waals surface area contributed by atoms with E-state index in [1.807, 2.05) is 13.0 Å². The Labute approximate surface area is 122 Å². The number of methoxy groups -OCH3 is 1. The van der Waals surface area contributed by atoms with Crippen molar-refractivity contribution >= 4 is 17.5 Å². The first-order valence-electron chi connectivity index (χ1n) is 6.35. The van der Waals surface area contributed by atoms with Crippen LogP contribution in [0.1, 0.15) is 17.3 Å². The lowest BCUT2D eigenvalue weighted by molar-refractivity contribution is 0.0601. The topological polar surface area (TPSA) is 76.5 Å². The summed E-state index contributed by atoms with van der Waals surface area (Å²) in [6.45, 7) is 1.85. The van der Waals surface area contributed by atoms with Gasteiger partial charge in [0, 0.05) is 12.6 Å². The Balaban J connectivity index is 2.24. The van der Waals surface area contributed by atoms with Gasteiger partial charge in [0.25, 0.3) is 0 Å². The molecule has 0 spiro atoms. The van der Waals surface area contributed by atoms with Gasteiger partial charge in [0.2, 0.25) is 0 Å². The minimum Gasteiger partial charge on any atom is -0.465 e. The molecule has 0 unspecified atom stereocenters. The van der Waals surface area contributed by atoms with Gasteiger partial charge in [-0.1, -0.05) is 12.1 Å². The maximum atomic E-state index is 11.5. The number of nitrogens with one attached hydrogen (secondary N) is 1. The molecule has 0 aliphatic heterocycles. The molecule has 1 N–H and O–H groups in total. The van der Waals surface area contributed by atoms with E-state index in [0.29, 0.717) is 11.4 Å². The van der Waals surface area contributed by atoms with Crippen molar-refractivity contribution in [2.24, 2.45) is 4.99 Å². The molecule has 0 aliphatic rings. The Hall–Kier alpha value is -2.76. The molecule has 0 atom stereocenters. The molecule has 0 radical (unpaired) electrons. The summed E-state index contributed by atoms with van der Waals surface area (Å²) in [4.78, 5) is 24.1. The van der Waals surface area contributed by atoms with Crippen LogP contribution in [0.5, 0.6) is 0 Å². The van der Waals surface area contributed by atoms with Crippen molar-refractivity contribution < 1.29 is 9.53 Å². The molecule has 1 aromatic heterocycles. The van der Waals surface area contributed by atoms with Crippen LogP contribution >= 0.6 is 0 Å². The first-order chi connectivity index (χ1) is 10.1. The average Bonchev–Trinajstić information content (AvgIpc) is 2.54. The summed E-state index contributed by atoms with van der Waals surface area (Å²) in [6.07, 6.45) is 3.34. The lowest BCUT2D eigenvalue weighted by Crippen LogP contribution is -2.07. The highest BCUT2D eigenvalue weighted by molar-refractivity contribution is 5.93. The molecule has 6 heteroatoms. The van der Waals surface area contributed by atoms with Gasteiger partial charge in [-0.2, -0.15) is 0 Å². The largest absolute Gasteiger partial charge is 0.465 e. The molecule has 1 heterocycles. The molecule has 0 amide bonds. The van der Waals surface area contributed by atoms with Crippen LogP contribution in [0.2, 0.25) is 0 Å². The highest BCUT2D eigenvalue weighted by atomic mass is 16.5. The molecule has 6 nitrogen and oxygen atoms in total. The third-order valence-corrected chi connectivity index (χ3v) is 2.85. The van der Waals surface area contributed by atoms with Crippen molar-refractivity contribution in [3.63, 3.8) is 0 Å². The molecule has 0 fully saturated rings. The molecule has 0 aliphatic carbocycles. The van der Waals surface area contributed by atoms with Crippen LogP contribution in [-0.4, -0.2) is 35.9 Å². The number of rotatable bonds is 3. The molecular formula is C15H16N4O2. The van der Waals surface area contributed by atoms with E-state index in [-0.39, 0.29) is 5.97 Å². The van der Waals surface area contributed by atoms with E-state index < -0.39 is 0 Å². The van der Waals surface area contributed by atoms with E-state index in [2.05, 4.69) is 20.3 Å². The second-order valence-electron chi connectivity index (χ2n) is 4.30. The summed E-state index contributed by atoms with van der Waals surface area (Å²) in [5, 5.41) is 3.06. The molecule has 0 bridgehead atoms. The number of amidine groups is 1. The lowest BCUT2D eigenvalue weighted by atomic mass is 10.1. The predicted molar refractivity (Wildman–Crippen MR) is 81.5 cm³/mol. The molecule has 1 aromatic carbocycles. The predicted octanol–water partition coefficient (Wildman–Crippen LogP) is 2.39. The third kappa shape index (κ3) is 3.62. The van der Waals surface area contributed by atoms with E-state index in [1.165, 1.54) is 7.11 Å². The third-order valence-electron chi connectivity index (χ3n) is 2.85. The van der Waals surface area contributed by atoms with E-state index in [0.717, 1.165) is 17.1 Å². The summed E-state index contributed by atoms with van der Waals surface area (Å²) in [6, 6.07) is 7.00. The van der Waals surface area contributed by atoms with Gasteiger partial charge in [-0.25, -0.2) is 14.8 Å². The van der Waals surface area contributed by atoms with E-state index in [4.69, 9.17) is 4.74 Å². The lowest BCUT2D eigenvalue weighted by Gasteiger charge is -2.06. The van der Waals surface area contributed by atoms with E-state index in [9.17, 15) is 4.79 Å². The second-order valence-corrected chi connectivity index (χ2v) is 4.30. The zero-order valence-corrected chi connectivity index (χ0v) is 12.1. The van der Waals surface area contributed by atoms with Crippen LogP contribution in [0.15, 0.2) is 41.7 Å². The van der Waals surface area contributed by atoms with Crippen LogP contribution in [-0.2, 0) is 4.74 Å². The van der Waals surface area contributed by atoms with Crippen molar-refractivity contribution in [3.8, 4) is 11.4 Å². The Kier molecular flexibility index (Phi) is 4.61. The molecule has 21 heavy (non-hydrogen) atoms. The SMILES string of the molecule is CN=C(C)Nc1cnc(-c2cccc(C(=O)OC)c2)nc1. The number of esters is 1. The fourth-order valence-corrected chi connectivity index (χ4v) is 1.71. The van der Waals surface area contributed by atoms with Gasteiger partial charge < -0.3 is 10.1 Å². The average molecular weight is 284 g/mol. The molecule has 108 valence electrons. The quantitative estimate of drug-likeness (QED) is 0.532. The van der Waals surface area contributed by atoms with Gasteiger partial charge in [0.05, 0.1) is 36.6 Å². The highest BCUT2D eigenvalue weighted by Gasteiger charge is 2.08. The number of aromatic nitrogens is 2. The highest BCUT2D eigenvalue weighted by Crippen LogP contribution is 2.17. The van der Waals surface area contributed by atoms with Gasteiger partial charge >= 0.3 is 5.97 Å². The van der Waals surface area contributed by atoms with E-state index in [1.54, 1.807) is 37.6 Å². The molecule has 0 saturated carbocycles. The number of nitrogens with zero attached hydrogens (tertiary/aromatic N) is 3. The van der Waals surface area contributed by atoms with E-state index >= 15 is 0 Å². The maximum Gasteiger partial charge on any atom is 0.337 e. The van der Waals surface area contributed by atoms with Crippen LogP contribution in [0, 0.1) is 0 Å². The molecular weight excluding hydrogens is 268 g/mol. The number of carbonyl (C=O) groups excluding carboxylic acids is 1. The summed E-state index contributed by atoms with van der Waals surface area (Å²) >= 11 is 0. The zero-order valence-electron chi connectivity index (χ0n) is 12.1. The van der Waals surface area contributed by atoms with Gasteiger partial charge in [0.1, 0.15) is 0 Å². The first-order valence-corrected chi connectivity index (χ1v) is 6.35. The molecule has 0 saturated heterocycles. The van der Waals surface area contributed by atoms with Crippen molar-refractivity contribution in [3.05, 3.63) is 42.2 Å². The number of aliphatic imine (C=N–C) groups is 1. The Morgan fingerprint density at radius 3 is 2.62 bits per heavy atom. The van der Waals surface area contributed by atoms with Crippen LogP contribution in [0.4, 0.5) is 5.69 Å². The van der Waals surface area contributed by atoms with Gasteiger partial charge in [0.15, 0.2) is 5.82 Å². The van der Waals surface area contributed by atoms with Crippen molar-refractivity contribution in [1.29, 1.82) is 0 Å². The van der Waals surface area contributed by atoms with Crippen LogP contribution in [0.25, 0.3) is 11.4 Å². The summed E-state index contributed by atoms with van der Waals surface area (Å²) < 4.78 is 4.70. The number of anilines is 1. The fourth-order valence-electron chi connectivity index (χ4n) is 1.71. The maximum absolute atomic E-state index is 11.5. The Morgan fingerprint density at radius 2 is 2.00 bits per heavy atom. The second kappa shape index (κ2) is 6.60. The van der Waals surface area contributed by atoms with Gasteiger partial charge in [-0.05, 0) is 19.1 Å². The van der Waals surface area contributed by atoms with Crippen molar-refractivity contribution in [2.75, 3.05) is 19.5 Å². The fraction of sp³-hybridized carbons (Fsp3) is 0.200. The smallest absolute Gasteiger partial charge is 0.337 e. The minimum atomic E-state index is -0.384. The molecule has 2 aromatic rings. The van der Waals surface area contributed by atoms with Crippen LogP contribution < -0.4 is 5.32 Å². The standard InChI is InChI=1S/C15H16N4O2/c1-10(16-2)19-13-8-17-14(18-9-13)11-5-4-6-12(7-11)15(20)21-3/h4-9H,1-3H3,(H,16,19). The van der Waals surface area contributed by atoms with Crippen molar-refractivity contribution in [2.45, 2.75) is 6.92 Å². The van der Waals surface area contributed by atoms with Gasteiger partial charge in [-0.3, -0.25) is 4.99 Å². The normalized spacial score (nSPS) is 11.1. The van der Waals surface area contributed by atoms with Crippen LogP contribution in [0.3, 0.4) is 0 Å². The number of benzene rings is 1. The zero-order chi connectivity index (χ0) is 15.2. The molecule has 2 rings (SSSR count). The monoisotopic (exact) mass is 284 g/mol. The number of hydrogen-bond acceptors (Lipinski definition) is 5. The van der Waals surface area contributed by atoms with Gasteiger partial charge in [-0.15, -0.1) is 0 Å². The summed E-state index contributed by atoms with van der Waals surface area (Å²) in [5.41, 5.74) is 1.98. The summed E-state index contributed by atoms with van der Waals surface area (Å²) in [5.74, 6) is 0.932. The Morgan fingerprint density at radius 1 is 1.29 bits per heavy atom. The number of ether oxygens (including phenoxy) is 1. The minimum absolute atomic E-state index is 0.384. The number of hydrogen-bond donors (Lipinski definition) is 1.